The van der Waals surface area contributed by atoms with Crippen LogP contribution in [-0.4, -0.2) is 28.6 Å². The van der Waals surface area contributed by atoms with Crippen molar-refractivity contribution >= 4 is 21.8 Å². The highest BCUT2D eigenvalue weighted by Crippen LogP contribution is 2.28. The Hall–Kier alpha value is -1.92. The number of hydrogen-bond acceptors (Lipinski definition) is 4. The fourth-order valence-electron chi connectivity index (χ4n) is 1.88. The number of ether oxygens (including phenoxy) is 1. The fourth-order valence-corrected chi connectivity index (χ4v) is 2.31. The number of aryl methyl sites for hydroxylation is 1. The SMILES string of the molecule is CCc1ccc(Oc2ncc(C(=O)NC(C)CO)cc2Br)cc1. The number of benzene rings is 1. The van der Waals surface area contributed by atoms with Gasteiger partial charge in [0.1, 0.15) is 5.75 Å². The average Bonchev–Trinajstić information content (AvgIpc) is 2.57. The van der Waals surface area contributed by atoms with Gasteiger partial charge in [-0.25, -0.2) is 4.98 Å². The topological polar surface area (TPSA) is 71.5 Å². The maximum absolute atomic E-state index is 12.0. The second-order valence-corrected chi connectivity index (χ2v) is 6.02. The van der Waals surface area contributed by atoms with Crippen LogP contribution in [0, 0.1) is 0 Å². The number of rotatable bonds is 6. The number of aromatic nitrogens is 1. The molecule has 2 N–H and O–H groups in total. The van der Waals surface area contributed by atoms with E-state index >= 15 is 0 Å². The molecular formula is C17H19BrN2O3. The highest BCUT2D eigenvalue weighted by atomic mass is 79.9. The van der Waals surface area contributed by atoms with Crippen molar-refractivity contribution in [3.8, 4) is 11.6 Å². The molecular weight excluding hydrogens is 360 g/mol. The molecule has 0 aliphatic heterocycles. The number of aliphatic hydroxyl groups excluding tert-OH is 1. The van der Waals surface area contributed by atoms with E-state index in [2.05, 4.69) is 33.2 Å². The fraction of sp³-hybridized carbons (Fsp3) is 0.294. The van der Waals surface area contributed by atoms with Gasteiger partial charge in [-0.3, -0.25) is 4.79 Å². The lowest BCUT2D eigenvalue weighted by molar-refractivity contribution is 0.0922. The second-order valence-electron chi connectivity index (χ2n) is 5.17. The van der Waals surface area contributed by atoms with Crippen LogP contribution in [0.15, 0.2) is 41.0 Å². The van der Waals surface area contributed by atoms with Crippen molar-refractivity contribution in [1.29, 1.82) is 0 Å². The van der Waals surface area contributed by atoms with Crippen LogP contribution in [0.4, 0.5) is 0 Å². The van der Waals surface area contributed by atoms with E-state index in [0.717, 1.165) is 6.42 Å². The molecule has 23 heavy (non-hydrogen) atoms. The number of amides is 1. The van der Waals surface area contributed by atoms with Gasteiger partial charge in [-0.2, -0.15) is 0 Å². The lowest BCUT2D eigenvalue weighted by atomic mass is 10.2. The Bertz CT molecular complexity index is 674. The number of pyridine rings is 1. The van der Waals surface area contributed by atoms with Crippen LogP contribution in [-0.2, 0) is 6.42 Å². The molecule has 0 bridgehead atoms. The number of carbonyl (C=O) groups excluding carboxylic acids is 1. The molecule has 1 amide bonds. The summed E-state index contributed by atoms with van der Waals surface area (Å²) in [5.41, 5.74) is 1.63. The van der Waals surface area contributed by atoms with E-state index in [0.29, 0.717) is 21.7 Å². The smallest absolute Gasteiger partial charge is 0.253 e. The molecule has 1 atom stereocenters. The summed E-state index contributed by atoms with van der Waals surface area (Å²) in [7, 11) is 0. The van der Waals surface area contributed by atoms with Gasteiger partial charge in [0.2, 0.25) is 5.88 Å². The molecule has 0 radical (unpaired) electrons. The van der Waals surface area contributed by atoms with Crippen molar-refractivity contribution in [1.82, 2.24) is 10.3 Å². The molecule has 0 aliphatic rings. The molecule has 0 fully saturated rings. The highest BCUT2D eigenvalue weighted by molar-refractivity contribution is 9.10. The molecule has 122 valence electrons. The van der Waals surface area contributed by atoms with E-state index in [1.54, 1.807) is 13.0 Å². The standard InChI is InChI=1S/C17H19BrN2O3/c1-3-12-4-6-14(7-5-12)23-17-15(18)8-13(9-19-17)16(22)20-11(2)10-21/h4-9,11,21H,3,10H2,1-2H3,(H,20,22). The number of nitrogens with zero attached hydrogens (tertiary/aromatic N) is 1. The minimum Gasteiger partial charge on any atom is -0.438 e. The molecule has 1 aromatic heterocycles. The van der Waals surface area contributed by atoms with Crippen molar-refractivity contribution in [3.63, 3.8) is 0 Å². The van der Waals surface area contributed by atoms with Crippen LogP contribution in [0.1, 0.15) is 29.8 Å². The minimum absolute atomic E-state index is 0.116. The summed E-state index contributed by atoms with van der Waals surface area (Å²) < 4.78 is 6.30. The summed E-state index contributed by atoms with van der Waals surface area (Å²) in [5, 5.41) is 11.6. The van der Waals surface area contributed by atoms with Gasteiger partial charge in [-0.15, -0.1) is 0 Å². The highest BCUT2D eigenvalue weighted by Gasteiger charge is 2.13. The van der Waals surface area contributed by atoms with Crippen molar-refractivity contribution in [2.75, 3.05) is 6.61 Å². The van der Waals surface area contributed by atoms with Gasteiger partial charge in [0.05, 0.1) is 16.6 Å². The first-order valence-corrected chi connectivity index (χ1v) is 8.16. The minimum atomic E-state index is -0.311. The normalized spacial score (nSPS) is 11.8. The van der Waals surface area contributed by atoms with Crippen LogP contribution in [0.3, 0.4) is 0 Å². The van der Waals surface area contributed by atoms with E-state index in [1.165, 1.54) is 11.8 Å². The Morgan fingerprint density at radius 2 is 2.09 bits per heavy atom. The van der Waals surface area contributed by atoms with Crippen molar-refractivity contribution in [3.05, 3.63) is 52.1 Å². The molecule has 0 saturated heterocycles. The monoisotopic (exact) mass is 378 g/mol. The van der Waals surface area contributed by atoms with Crippen LogP contribution in [0.25, 0.3) is 0 Å². The van der Waals surface area contributed by atoms with Gasteiger partial charge in [-0.05, 0) is 53.0 Å². The number of carbonyl (C=O) groups is 1. The maximum atomic E-state index is 12.0. The van der Waals surface area contributed by atoms with E-state index in [-0.39, 0.29) is 18.6 Å². The third-order valence-corrected chi connectivity index (χ3v) is 3.84. The molecule has 1 aromatic carbocycles. The molecule has 5 nitrogen and oxygen atoms in total. The summed E-state index contributed by atoms with van der Waals surface area (Å²) in [5.74, 6) is 0.779. The Labute approximate surface area is 143 Å². The second kappa shape index (κ2) is 8.08. The van der Waals surface area contributed by atoms with Crippen molar-refractivity contribution < 1.29 is 14.6 Å². The lowest BCUT2D eigenvalue weighted by Crippen LogP contribution is -2.35. The Morgan fingerprint density at radius 3 is 2.65 bits per heavy atom. The summed E-state index contributed by atoms with van der Waals surface area (Å²) in [4.78, 5) is 16.2. The summed E-state index contributed by atoms with van der Waals surface area (Å²) in [6.45, 7) is 3.70. The zero-order valence-electron chi connectivity index (χ0n) is 13.0. The Kier molecular flexibility index (Phi) is 6.12. The Balaban J connectivity index is 2.10. The van der Waals surface area contributed by atoms with E-state index in [4.69, 9.17) is 9.84 Å². The Morgan fingerprint density at radius 1 is 1.39 bits per heavy atom. The van der Waals surface area contributed by atoms with Crippen LogP contribution in [0.2, 0.25) is 0 Å². The third-order valence-electron chi connectivity index (χ3n) is 3.27. The van der Waals surface area contributed by atoms with Gasteiger partial charge < -0.3 is 15.2 Å². The molecule has 6 heteroatoms. The van der Waals surface area contributed by atoms with Crippen molar-refractivity contribution in [2.45, 2.75) is 26.3 Å². The molecule has 0 spiro atoms. The summed E-state index contributed by atoms with van der Waals surface area (Å²) in [6, 6.07) is 9.10. The molecule has 1 unspecified atom stereocenters. The first-order valence-electron chi connectivity index (χ1n) is 7.37. The zero-order chi connectivity index (χ0) is 16.8. The number of halogens is 1. The number of hydrogen-bond donors (Lipinski definition) is 2. The van der Waals surface area contributed by atoms with Crippen LogP contribution in [0.5, 0.6) is 11.6 Å². The molecule has 2 aromatic rings. The van der Waals surface area contributed by atoms with Gasteiger partial charge in [0.25, 0.3) is 5.91 Å². The largest absolute Gasteiger partial charge is 0.438 e. The first-order chi connectivity index (χ1) is 11.0. The van der Waals surface area contributed by atoms with E-state index < -0.39 is 0 Å². The van der Waals surface area contributed by atoms with E-state index in [9.17, 15) is 4.79 Å². The molecule has 0 saturated carbocycles. The summed E-state index contributed by atoms with van der Waals surface area (Å²) >= 11 is 3.37. The lowest BCUT2D eigenvalue weighted by Gasteiger charge is -2.12. The third kappa shape index (κ3) is 4.77. The van der Waals surface area contributed by atoms with E-state index in [1.807, 2.05) is 24.3 Å². The maximum Gasteiger partial charge on any atom is 0.253 e. The zero-order valence-corrected chi connectivity index (χ0v) is 14.6. The van der Waals surface area contributed by atoms with Gasteiger partial charge in [-0.1, -0.05) is 19.1 Å². The predicted molar refractivity (Wildman–Crippen MR) is 91.8 cm³/mol. The number of aliphatic hydroxyl groups is 1. The van der Waals surface area contributed by atoms with Gasteiger partial charge in [0.15, 0.2) is 0 Å². The van der Waals surface area contributed by atoms with Gasteiger partial charge in [0, 0.05) is 12.2 Å². The predicted octanol–water partition coefficient (Wildman–Crippen LogP) is 3.31. The molecule has 0 aliphatic carbocycles. The number of nitrogens with one attached hydrogen (secondary N) is 1. The van der Waals surface area contributed by atoms with Crippen LogP contribution >= 0.6 is 15.9 Å². The van der Waals surface area contributed by atoms with Crippen LogP contribution < -0.4 is 10.1 Å². The van der Waals surface area contributed by atoms with Gasteiger partial charge >= 0.3 is 0 Å². The molecule has 2 rings (SSSR count). The summed E-state index contributed by atoms with van der Waals surface area (Å²) in [6.07, 6.45) is 2.41. The van der Waals surface area contributed by atoms with Crippen molar-refractivity contribution in [2.24, 2.45) is 0 Å². The molecule has 1 heterocycles. The average molecular weight is 379 g/mol. The first kappa shape index (κ1) is 17.4. The quantitative estimate of drug-likeness (QED) is 0.808.